The molecule has 0 spiro atoms. The highest BCUT2D eigenvalue weighted by Crippen LogP contribution is 2.34. The van der Waals surface area contributed by atoms with Crippen molar-refractivity contribution in [1.29, 1.82) is 0 Å². The van der Waals surface area contributed by atoms with E-state index in [0.717, 1.165) is 60.2 Å². The smallest absolute Gasteiger partial charge is 0.407 e. The number of nitrogens with zero attached hydrogens (tertiary/aromatic N) is 3. The maximum Gasteiger partial charge on any atom is 0.407 e. The number of likely N-dealkylation sites (tertiary alicyclic amines) is 1. The first-order valence-corrected chi connectivity index (χ1v) is 16.7. The van der Waals surface area contributed by atoms with Gasteiger partial charge in [0.2, 0.25) is 11.8 Å². The van der Waals surface area contributed by atoms with E-state index in [2.05, 4.69) is 56.9 Å². The number of nitrogens with one attached hydrogen (secondary N) is 4. The minimum atomic E-state index is -0.699. The molecule has 0 radical (unpaired) electrons. The molecular weight excluding hydrogens is 618 g/mol. The van der Waals surface area contributed by atoms with Gasteiger partial charge in [-0.25, -0.2) is 14.8 Å². The Morgan fingerprint density at radius 1 is 0.898 bits per heavy atom. The van der Waals surface area contributed by atoms with Gasteiger partial charge in [0.25, 0.3) is 0 Å². The number of amides is 3. The summed E-state index contributed by atoms with van der Waals surface area (Å²) < 4.78 is 4.73. The van der Waals surface area contributed by atoms with Crippen LogP contribution in [-0.2, 0) is 14.3 Å². The fourth-order valence-electron chi connectivity index (χ4n) is 5.90. The number of aromatic amines is 2. The van der Waals surface area contributed by atoms with Gasteiger partial charge in [-0.3, -0.25) is 9.59 Å². The fourth-order valence-corrected chi connectivity index (χ4v) is 5.90. The van der Waals surface area contributed by atoms with Crippen molar-refractivity contribution < 1.29 is 19.1 Å². The molecule has 0 bridgehead atoms. The van der Waals surface area contributed by atoms with Crippen LogP contribution in [-0.4, -0.2) is 68.5 Å². The summed E-state index contributed by atoms with van der Waals surface area (Å²) in [5, 5.41) is 5.66. The van der Waals surface area contributed by atoms with Crippen LogP contribution >= 0.6 is 0 Å². The van der Waals surface area contributed by atoms with Gasteiger partial charge in [0.1, 0.15) is 17.7 Å². The average molecular weight is 668 g/mol. The zero-order valence-corrected chi connectivity index (χ0v) is 29.3. The molecule has 3 amide bonds. The van der Waals surface area contributed by atoms with Crippen LogP contribution in [0.5, 0.6) is 0 Å². The summed E-state index contributed by atoms with van der Waals surface area (Å²) in [6, 6.07) is -0.865. The molecule has 260 valence electrons. The lowest BCUT2D eigenvalue weighted by Gasteiger charge is -2.30. The number of hydrogen-bond acceptors (Lipinski definition) is 6. The Labute approximate surface area is 289 Å². The molecule has 2 aromatic heterocycles. The lowest BCUT2D eigenvalue weighted by molar-refractivity contribution is -0.135. The molecule has 1 fully saturated rings. The number of ether oxygens (including phenoxy) is 1. The molecule has 1 aliphatic heterocycles. The van der Waals surface area contributed by atoms with Gasteiger partial charge in [-0.1, -0.05) is 64.5 Å². The van der Waals surface area contributed by atoms with Gasteiger partial charge in [-0.15, -0.1) is 0 Å². The molecule has 0 aromatic carbocycles. The summed E-state index contributed by atoms with van der Waals surface area (Å²) in [5.41, 5.74) is 6.03. The Bertz CT molecular complexity index is 1720. The van der Waals surface area contributed by atoms with Gasteiger partial charge in [0.05, 0.1) is 36.9 Å². The number of allylic oxidation sites excluding steroid dienone is 9. The Morgan fingerprint density at radius 2 is 1.53 bits per heavy atom. The van der Waals surface area contributed by atoms with Gasteiger partial charge < -0.3 is 30.2 Å². The molecule has 11 nitrogen and oxygen atoms in total. The maximum atomic E-state index is 13.4. The topological polar surface area (TPSA) is 145 Å². The highest BCUT2D eigenvalue weighted by atomic mass is 16.5. The van der Waals surface area contributed by atoms with E-state index in [9.17, 15) is 14.4 Å². The SMILES string of the molecule is C=C(/C=C\C(=C)c1cnc(C2=C(C(=O)NC(C)C)CCC2)[nH]1)C(=C)/C=C\C(=C)c1cnc(C2CCCN2C(=O)C(NC(=O)OC)C(C)C)[nH]1. The molecule has 3 heterocycles. The van der Waals surface area contributed by atoms with Crippen LogP contribution < -0.4 is 10.6 Å². The largest absolute Gasteiger partial charge is 0.453 e. The standard InChI is InChI=1S/C38H49N7O4/c1-22(2)33(44-38(48)49-9)37(47)45-19-11-14-32(45)35-40-21-31(43-35)27(8)18-16-25(6)24(5)15-17-26(7)30-20-39-34(42-30)28-12-10-13-29(28)36(46)41-23(3)4/h15-18,20-23,32-33H,5-8,10-14,19H2,1-4,9H3,(H,39,42)(H,40,43)(H,41,46)(H,44,48)/b17-15-,18-16-. The van der Waals surface area contributed by atoms with Gasteiger partial charge >= 0.3 is 6.09 Å². The molecule has 2 atom stereocenters. The predicted octanol–water partition coefficient (Wildman–Crippen LogP) is 6.59. The molecule has 2 aromatic rings. The Kier molecular flexibility index (Phi) is 12.2. The summed E-state index contributed by atoms with van der Waals surface area (Å²) in [5.74, 6) is 1.06. The highest BCUT2D eigenvalue weighted by molar-refractivity contribution is 6.01. The molecule has 2 unspecified atom stereocenters. The van der Waals surface area contributed by atoms with Crippen molar-refractivity contribution in [2.75, 3.05) is 13.7 Å². The van der Waals surface area contributed by atoms with E-state index in [4.69, 9.17) is 4.74 Å². The lowest BCUT2D eigenvalue weighted by atomic mass is 10.0. The number of rotatable bonds is 14. The average Bonchev–Trinajstić information content (AvgIpc) is 3.89. The quantitative estimate of drug-likeness (QED) is 0.167. The first-order chi connectivity index (χ1) is 23.3. The zero-order chi connectivity index (χ0) is 35.8. The Hall–Kier alpha value is -5.19. The molecule has 2 aliphatic rings. The lowest BCUT2D eigenvalue weighted by Crippen LogP contribution is -2.51. The third-order valence-electron chi connectivity index (χ3n) is 8.69. The molecule has 4 N–H and O–H groups in total. The summed E-state index contributed by atoms with van der Waals surface area (Å²) in [4.78, 5) is 55.5. The van der Waals surface area contributed by atoms with Crippen LogP contribution in [0.4, 0.5) is 4.79 Å². The number of carbonyl (C=O) groups is 3. The van der Waals surface area contributed by atoms with E-state index < -0.39 is 12.1 Å². The van der Waals surface area contributed by atoms with Crippen molar-refractivity contribution in [3.05, 3.63) is 103 Å². The molecule has 4 rings (SSSR count). The fraction of sp³-hybridized carbons (Fsp3) is 0.395. The summed E-state index contributed by atoms with van der Waals surface area (Å²) in [6.07, 6.45) is 14.2. The second-order valence-electron chi connectivity index (χ2n) is 13.1. The van der Waals surface area contributed by atoms with Crippen molar-refractivity contribution in [3.8, 4) is 0 Å². The van der Waals surface area contributed by atoms with Crippen LogP contribution in [0.2, 0.25) is 0 Å². The van der Waals surface area contributed by atoms with E-state index in [1.807, 2.05) is 52.0 Å². The number of H-pyrrole nitrogens is 2. The molecule has 0 saturated carbocycles. The molecule has 49 heavy (non-hydrogen) atoms. The van der Waals surface area contributed by atoms with Gasteiger partial charge in [0, 0.05) is 23.7 Å². The molecular formula is C38H49N7O4. The monoisotopic (exact) mass is 667 g/mol. The van der Waals surface area contributed by atoms with Gasteiger partial charge in [0.15, 0.2) is 0 Å². The zero-order valence-electron chi connectivity index (χ0n) is 29.3. The molecule has 1 aliphatic carbocycles. The number of imidazole rings is 2. The third-order valence-corrected chi connectivity index (χ3v) is 8.69. The van der Waals surface area contributed by atoms with Crippen LogP contribution in [0.1, 0.15) is 88.9 Å². The van der Waals surface area contributed by atoms with Crippen molar-refractivity contribution >= 4 is 34.6 Å². The normalized spacial score (nSPS) is 17.0. The van der Waals surface area contributed by atoms with E-state index in [1.54, 1.807) is 17.3 Å². The van der Waals surface area contributed by atoms with E-state index in [0.29, 0.717) is 34.9 Å². The highest BCUT2D eigenvalue weighted by Gasteiger charge is 2.37. The number of carbonyl (C=O) groups excluding carboxylic acids is 3. The third kappa shape index (κ3) is 9.04. The Morgan fingerprint density at radius 3 is 2.14 bits per heavy atom. The van der Waals surface area contributed by atoms with Crippen molar-refractivity contribution in [2.24, 2.45) is 5.92 Å². The minimum Gasteiger partial charge on any atom is -0.453 e. The molecule has 11 heteroatoms. The number of alkyl carbamates (subject to hydrolysis) is 1. The van der Waals surface area contributed by atoms with Gasteiger partial charge in [-0.2, -0.15) is 0 Å². The predicted molar refractivity (Wildman–Crippen MR) is 194 cm³/mol. The Balaban J connectivity index is 1.35. The number of hydrogen-bond donors (Lipinski definition) is 4. The van der Waals surface area contributed by atoms with Crippen LogP contribution in [0.25, 0.3) is 16.7 Å². The molecule has 1 saturated heterocycles. The van der Waals surface area contributed by atoms with E-state index >= 15 is 0 Å². The summed E-state index contributed by atoms with van der Waals surface area (Å²) in [7, 11) is 1.28. The number of methoxy groups -OCH3 is 1. The van der Waals surface area contributed by atoms with Crippen LogP contribution in [0.15, 0.2) is 79.7 Å². The minimum absolute atomic E-state index is 0.0312. The van der Waals surface area contributed by atoms with Gasteiger partial charge in [-0.05, 0) is 74.2 Å². The maximum absolute atomic E-state index is 13.4. The van der Waals surface area contributed by atoms with E-state index in [-0.39, 0.29) is 29.8 Å². The first-order valence-electron chi connectivity index (χ1n) is 16.7. The second-order valence-corrected chi connectivity index (χ2v) is 13.1. The summed E-state index contributed by atoms with van der Waals surface area (Å²) in [6.45, 7) is 24.9. The summed E-state index contributed by atoms with van der Waals surface area (Å²) >= 11 is 0. The second kappa shape index (κ2) is 16.3. The van der Waals surface area contributed by atoms with Crippen molar-refractivity contribution in [2.45, 2.75) is 77.9 Å². The van der Waals surface area contributed by atoms with Crippen molar-refractivity contribution in [1.82, 2.24) is 35.5 Å². The number of aromatic nitrogens is 4. The van der Waals surface area contributed by atoms with E-state index in [1.165, 1.54) is 7.11 Å². The first kappa shape index (κ1) is 36.6. The van der Waals surface area contributed by atoms with Crippen molar-refractivity contribution in [3.63, 3.8) is 0 Å². The van der Waals surface area contributed by atoms with Crippen LogP contribution in [0, 0.1) is 5.92 Å². The van der Waals surface area contributed by atoms with Crippen LogP contribution in [0.3, 0.4) is 0 Å².